The molecule has 3 rings (SSSR count). The van der Waals surface area contributed by atoms with Crippen molar-refractivity contribution >= 4 is 34.8 Å². The quantitative estimate of drug-likeness (QED) is 0.350. The van der Waals surface area contributed by atoms with E-state index in [1.165, 1.54) is 11.3 Å². The van der Waals surface area contributed by atoms with Crippen molar-refractivity contribution in [2.24, 2.45) is 0 Å². The van der Waals surface area contributed by atoms with E-state index in [1.807, 2.05) is 67.1 Å². The normalized spacial score (nSPS) is 11.4. The molecule has 0 aliphatic heterocycles. The van der Waals surface area contributed by atoms with Crippen LogP contribution in [0.1, 0.15) is 32.4 Å². The van der Waals surface area contributed by atoms with Gasteiger partial charge in [-0.25, -0.2) is 4.98 Å². The molecular formula is C20H16ClN3OS. The van der Waals surface area contributed by atoms with E-state index in [4.69, 9.17) is 11.6 Å². The van der Waals surface area contributed by atoms with Gasteiger partial charge in [-0.05, 0) is 57.2 Å². The Morgan fingerprint density at radius 3 is 2.54 bits per heavy atom. The fourth-order valence-corrected chi connectivity index (χ4v) is 3.56. The van der Waals surface area contributed by atoms with Crippen LogP contribution in [0.5, 0.6) is 0 Å². The molecule has 130 valence electrons. The Labute approximate surface area is 161 Å². The minimum Gasteiger partial charge on any atom is -0.318 e. The number of nitrogens with zero attached hydrogens (tertiary/aromatic N) is 3. The standard InChI is InChI=1S/C20H16ClN3OS/c1-12-8-19(13(2)24(12)18-6-4-16(21)5-7-18)20(25)15(10-22)9-17-11-26-14(3)23-17/h4-9,11H,1-3H3/b15-9+. The molecule has 4 nitrogen and oxygen atoms in total. The molecule has 0 radical (unpaired) electrons. The maximum Gasteiger partial charge on any atom is 0.205 e. The number of benzene rings is 1. The van der Waals surface area contributed by atoms with Crippen molar-refractivity contribution in [2.75, 3.05) is 0 Å². The summed E-state index contributed by atoms with van der Waals surface area (Å²) in [6.45, 7) is 5.68. The molecule has 0 fully saturated rings. The van der Waals surface area contributed by atoms with Crippen LogP contribution >= 0.6 is 22.9 Å². The number of nitriles is 1. The van der Waals surface area contributed by atoms with Crippen LogP contribution in [0.15, 0.2) is 41.3 Å². The Balaban J connectivity index is 2.03. The van der Waals surface area contributed by atoms with Gasteiger partial charge in [0.2, 0.25) is 5.78 Å². The summed E-state index contributed by atoms with van der Waals surface area (Å²) >= 11 is 7.44. The number of Topliss-reactive ketones (excluding diaryl/α,β-unsaturated/α-hetero) is 1. The van der Waals surface area contributed by atoms with Crippen LogP contribution in [-0.2, 0) is 0 Å². The average molecular weight is 382 g/mol. The summed E-state index contributed by atoms with van der Waals surface area (Å²) in [6, 6.07) is 11.2. The summed E-state index contributed by atoms with van der Waals surface area (Å²) in [5.41, 5.74) is 3.83. The highest BCUT2D eigenvalue weighted by Crippen LogP contribution is 2.24. The number of hydrogen-bond donors (Lipinski definition) is 0. The van der Waals surface area contributed by atoms with Crippen molar-refractivity contribution in [3.63, 3.8) is 0 Å². The van der Waals surface area contributed by atoms with Crippen LogP contribution in [0.25, 0.3) is 11.8 Å². The lowest BCUT2D eigenvalue weighted by atomic mass is 10.0. The molecule has 26 heavy (non-hydrogen) atoms. The molecule has 0 spiro atoms. The maximum absolute atomic E-state index is 12.9. The Morgan fingerprint density at radius 1 is 1.27 bits per heavy atom. The van der Waals surface area contributed by atoms with Gasteiger partial charge in [0.25, 0.3) is 0 Å². The molecule has 0 atom stereocenters. The fraction of sp³-hybridized carbons (Fsp3) is 0.150. The Kier molecular flexibility index (Phi) is 5.08. The van der Waals surface area contributed by atoms with Gasteiger partial charge in [0.15, 0.2) is 0 Å². The first kappa shape index (κ1) is 18.1. The molecule has 2 heterocycles. The number of thiazole rings is 1. The zero-order chi connectivity index (χ0) is 18.8. The van der Waals surface area contributed by atoms with Crippen molar-refractivity contribution < 1.29 is 4.79 Å². The van der Waals surface area contributed by atoms with E-state index in [0.717, 1.165) is 22.1 Å². The smallest absolute Gasteiger partial charge is 0.205 e. The van der Waals surface area contributed by atoms with E-state index in [0.29, 0.717) is 16.3 Å². The number of carbonyl (C=O) groups is 1. The number of carbonyl (C=O) groups excluding carboxylic acids is 1. The number of hydrogen-bond acceptors (Lipinski definition) is 4. The van der Waals surface area contributed by atoms with Gasteiger partial charge < -0.3 is 4.57 Å². The second-order valence-corrected chi connectivity index (χ2v) is 7.39. The van der Waals surface area contributed by atoms with E-state index in [1.54, 1.807) is 6.08 Å². The zero-order valence-electron chi connectivity index (χ0n) is 14.6. The zero-order valence-corrected chi connectivity index (χ0v) is 16.1. The largest absolute Gasteiger partial charge is 0.318 e. The predicted molar refractivity (Wildman–Crippen MR) is 105 cm³/mol. The lowest BCUT2D eigenvalue weighted by Crippen LogP contribution is -2.05. The molecule has 6 heteroatoms. The highest BCUT2D eigenvalue weighted by molar-refractivity contribution is 7.09. The summed E-state index contributed by atoms with van der Waals surface area (Å²) < 4.78 is 1.98. The molecule has 0 saturated carbocycles. The fourth-order valence-electron chi connectivity index (χ4n) is 2.87. The van der Waals surface area contributed by atoms with Crippen LogP contribution in [-0.4, -0.2) is 15.3 Å². The summed E-state index contributed by atoms with van der Waals surface area (Å²) in [5.74, 6) is -0.300. The van der Waals surface area contributed by atoms with E-state index in [2.05, 4.69) is 4.98 Å². The first-order valence-corrected chi connectivity index (χ1v) is 9.20. The summed E-state index contributed by atoms with van der Waals surface area (Å²) in [4.78, 5) is 17.2. The van der Waals surface area contributed by atoms with Gasteiger partial charge in [-0.15, -0.1) is 11.3 Å². The Bertz CT molecular complexity index is 1050. The van der Waals surface area contributed by atoms with E-state index in [-0.39, 0.29) is 11.4 Å². The summed E-state index contributed by atoms with van der Waals surface area (Å²) in [6.07, 6.45) is 1.54. The predicted octanol–water partition coefficient (Wildman–Crippen LogP) is 5.30. The van der Waals surface area contributed by atoms with Gasteiger partial charge in [0.1, 0.15) is 11.6 Å². The number of aryl methyl sites for hydroxylation is 2. The van der Waals surface area contributed by atoms with E-state index < -0.39 is 0 Å². The number of ketones is 1. The topological polar surface area (TPSA) is 58.7 Å². The van der Waals surface area contributed by atoms with Crippen molar-refractivity contribution in [2.45, 2.75) is 20.8 Å². The first-order chi connectivity index (χ1) is 12.4. The van der Waals surface area contributed by atoms with Gasteiger partial charge >= 0.3 is 0 Å². The van der Waals surface area contributed by atoms with Crippen molar-refractivity contribution in [1.82, 2.24) is 9.55 Å². The molecule has 0 aliphatic carbocycles. The van der Waals surface area contributed by atoms with Gasteiger partial charge in [0, 0.05) is 33.0 Å². The average Bonchev–Trinajstić information content (AvgIpc) is 3.16. The second-order valence-electron chi connectivity index (χ2n) is 5.89. The van der Waals surface area contributed by atoms with Gasteiger partial charge in [-0.2, -0.15) is 5.26 Å². The second kappa shape index (κ2) is 7.28. The lowest BCUT2D eigenvalue weighted by Gasteiger charge is -2.10. The highest BCUT2D eigenvalue weighted by atomic mass is 35.5. The van der Waals surface area contributed by atoms with Gasteiger partial charge in [-0.1, -0.05) is 11.6 Å². The Morgan fingerprint density at radius 2 is 1.96 bits per heavy atom. The van der Waals surface area contributed by atoms with Gasteiger partial charge in [-0.3, -0.25) is 4.79 Å². The van der Waals surface area contributed by atoms with Crippen LogP contribution in [0.2, 0.25) is 5.02 Å². The van der Waals surface area contributed by atoms with Crippen LogP contribution < -0.4 is 0 Å². The third kappa shape index (κ3) is 3.48. The van der Waals surface area contributed by atoms with E-state index >= 15 is 0 Å². The molecule has 0 amide bonds. The number of aromatic nitrogens is 2. The monoisotopic (exact) mass is 381 g/mol. The molecule has 0 aliphatic rings. The first-order valence-electron chi connectivity index (χ1n) is 7.94. The minimum absolute atomic E-state index is 0.0756. The molecular weight excluding hydrogens is 366 g/mol. The third-order valence-corrected chi connectivity index (χ3v) is 5.10. The number of allylic oxidation sites excluding steroid dienone is 1. The number of rotatable bonds is 4. The van der Waals surface area contributed by atoms with E-state index in [9.17, 15) is 10.1 Å². The molecule has 0 unspecified atom stereocenters. The maximum atomic E-state index is 12.9. The summed E-state index contributed by atoms with van der Waals surface area (Å²) in [5, 5.41) is 12.8. The minimum atomic E-state index is -0.300. The molecule has 0 saturated heterocycles. The molecule has 0 bridgehead atoms. The van der Waals surface area contributed by atoms with Crippen molar-refractivity contribution in [3.8, 4) is 11.8 Å². The van der Waals surface area contributed by atoms with Gasteiger partial charge in [0.05, 0.1) is 10.7 Å². The molecule has 3 aromatic rings. The lowest BCUT2D eigenvalue weighted by molar-refractivity contribution is 0.103. The van der Waals surface area contributed by atoms with Crippen molar-refractivity contribution in [1.29, 1.82) is 5.26 Å². The summed E-state index contributed by atoms with van der Waals surface area (Å²) in [7, 11) is 0. The Hall–Kier alpha value is -2.68. The van der Waals surface area contributed by atoms with Crippen molar-refractivity contribution in [3.05, 3.63) is 74.0 Å². The van der Waals surface area contributed by atoms with Crippen LogP contribution in [0, 0.1) is 32.1 Å². The third-order valence-electron chi connectivity index (χ3n) is 4.05. The van der Waals surface area contributed by atoms with Crippen LogP contribution in [0.4, 0.5) is 0 Å². The number of halogens is 1. The highest BCUT2D eigenvalue weighted by Gasteiger charge is 2.20. The molecule has 1 aromatic carbocycles. The SMILES string of the molecule is Cc1nc(/C=C(\C#N)C(=O)c2cc(C)n(-c3ccc(Cl)cc3)c2C)cs1. The molecule has 2 aromatic heterocycles. The van der Waals surface area contributed by atoms with Crippen LogP contribution in [0.3, 0.4) is 0 Å². The molecule has 0 N–H and O–H groups in total.